The second-order valence-electron chi connectivity index (χ2n) is 6.27. The highest BCUT2D eigenvalue weighted by atomic mass is 32.1. The number of allylic oxidation sites excluding steroid dienone is 2. The molecule has 0 bridgehead atoms. The van der Waals surface area contributed by atoms with E-state index >= 15 is 0 Å². The van der Waals surface area contributed by atoms with Crippen LogP contribution < -0.4 is 20.1 Å². The Morgan fingerprint density at radius 1 is 1.29 bits per heavy atom. The lowest BCUT2D eigenvalue weighted by Gasteiger charge is -2.10. The van der Waals surface area contributed by atoms with Crippen molar-refractivity contribution < 1.29 is 23.8 Å². The summed E-state index contributed by atoms with van der Waals surface area (Å²) < 4.78 is 15.2. The summed E-state index contributed by atoms with van der Waals surface area (Å²) in [6, 6.07) is 5.39. The highest BCUT2D eigenvalue weighted by molar-refractivity contribution is 7.14. The van der Waals surface area contributed by atoms with E-state index in [4.69, 9.17) is 14.2 Å². The van der Waals surface area contributed by atoms with E-state index in [2.05, 4.69) is 16.7 Å². The Labute approximate surface area is 186 Å². The minimum absolute atomic E-state index is 0.272. The molecule has 0 radical (unpaired) electrons. The predicted octanol–water partition coefficient (Wildman–Crippen LogP) is 3.91. The zero-order valence-corrected chi connectivity index (χ0v) is 19.0. The van der Waals surface area contributed by atoms with Crippen molar-refractivity contribution in [3.8, 4) is 11.5 Å². The van der Waals surface area contributed by atoms with Crippen LogP contribution in [-0.4, -0.2) is 46.7 Å². The maximum Gasteiger partial charge on any atom is 0.341 e. The number of dihydropyridines is 1. The number of esters is 1. The van der Waals surface area contributed by atoms with Crippen LogP contribution in [0.25, 0.3) is 5.57 Å². The molecule has 2 heterocycles. The quantitative estimate of drug-likeness (QED) is 0.472. The zero-order chi connectivity index (χ0) is 22.6. The second kappa shape index (κ2) is 12.4. The van der Waals surface area contributed by atoms with Crippen LogP contribution in [0.4, 0.5) is 5.00 Å². The average molecular weight is 445 g/mol. The SMILES string of the molecule is CCOC(=O)c1c(C2=CCNC=C2)csc1NC.COc1ccc(OC)c(CC=O)c1. The lowest BCUT2D eigenvalue weighted by Crippen LogP contribution is -2.11. The van der Waals surface area contributed by atoms with Crippen LogP contribution in [0.5, 0.6) is 11.5 Å². The Balaban J connectivity index is 0.000000233. The van der Waals surface area contributed by atoms with Crippen LogP contribution in [0.3, 0.4) is 0 Å². The Morgan fingerprint density at radius 3 is 2.68 bits per heavy atom. The molecule has 0 saturated heterocycles. The van der Waals surface area contributed by atoms with Crippen molar-refractivity contribution in [1.29, 1.82) is 0 Å². The van der Waals surface area contributed by atoms with Gasteiger partial charge in [0.15, 0.2) is 0 Å². The molecule has 1 aromatic heterocycles. The highest BCUT2D eigenvalue weighted by Crippen LogP contribution is 2.34. The monoisotopic (exact) mass is 444 g/mol. The van der Waals surface area contributed by atoms with E-state index in [9.17, 15) is 9.59 Å². The maximum atomic E-state index is 12.0. The fraction of sp³-hybridized carbons (Fsp3) is 0.304. The summed E-state index contributed by atoms with van der Waals surface area (Å²) in [4.78, 5) is 22.4. The van der Waals surface area contributed by atoms with Crippen molar-refractivity contribution in [3.05, 3.63) is 58.6 Å². The van der Waals surface area contributed by atoms with Crippen LogP contribution in [0.15, 0.2) is 41.9 Å². The fourth-order valence-electron chi connectivity index (χ4n) is 2.94. The number of thiophene rings is 1. The summed E-state index contributed by atoms with van der Waals surface area (Å²) in [6.07, 6.45) is 7.11. The van der Waals surface area contributed by atoms with Gasteiger partial charge in [-0.2, -0.15) is 0 Å². The third-order valence-electron chi connectivity index (χ3n) is 4.42. The number of rotatable bonds is 8. The number of aldehydes is 1. The third kappa shape index (κ3) is 6.36. The smallest absolute Gasteiger partial charge is 0.341 e. The highest BCUT2D eigenvalue weighted by Gasteiger charge is 2.21. The molecule has 2 N–H and O–H groups in total. The minimum Gasteiger partial charge on any atom is -0.497 e. The van der Waals surface area contributed by atoms with E-state index in [0.717, 1.165) is 40.3 Å². The molecule has 0 unspecified atom stereocenters. The van der Waals surface area contributed by atoms with Gasteiger partial charge in [0.25, 0.3) is 0 Å². The van der Waals surface area contributed by atoms with Gasteiger partial charge in [-0.15, -0.1) is 11.3 Å². The van der Waals surface area contributed by atoms with Crippen LogP contribution in [-0.2, 0) is 16.0 Å². The molecule has 3 rings (SSSR count). The molecule has 0 atom stereocenters. The van der Waals surface area contributed by atoms with E-state index in [1.165, 1.54) is 11.3 Å². The number of nitrogens with one attached hydrogen (secondary N) is 2. The Kier molecular flexibility index (Phi) is 9.64. The van der Waals surface area contributed by atoms with Crippen LogP contribution >= 0.6 is 11.3 Å². The van der Waals surface area contributed by atoms with Gasteiger partial charge in [0.1, 0.15) is 28.3 Å². The van der Waals surface area contributed by atoms with Gasteiger partial charge in [0.05, 0.1) is 20.8 Å². The molecular weight excluding hydrogens is 416 g/mol. The first kappa shape index (κ1) is 24.0. The normalized spacial score (nSPS) is 11.9. The molecule has 0 saturated carbocycles. The van der Waals surface area contributed by atoms with Crippen molar-refractivity contribution in [3.63, 3.8) is 0 Å². The third-order valence-corrected chi connectivity index (χ3v) is 5.42. The summed E-state index contributed by atoms with van der Waals surface area (Å²) in [5, 5.41) is 8.97. The van der Waals surface area contributed by atoms with Gasteiger partial charge in [0.2, 0.25) is 0 Å². The standard InChI is InChI=1S/C13H16N2O2S.C10H12O3/c1-3-17-13(16)11-10(8-18-12(11)14-2)9-4-6-15-7-5-9;1-12-9-3-4-10(13-2)8(7-9)5-6-11/h4-6,8,14-15H,3,7H2,1-2H3;3-4,6-7H,5H2,1-2H3. The molecule has 8 heteroatoms. The van der Waals surface area contributed by atoms with E-state index in [0.29, 0.717) is 24.3 Å². The number of benzene rings is 1. The molecule has 31 heavy (non-hydrogen) atoms. The van der Waals surface area contributed by atoms with Gasteiger partial charge >= 0.3 is 5.97 Å². The lowest BCUT2D eigenvalue weighted by atomic mass is 10.0. The van der Waals surface area contributed by atoms with Crippen molar-refractivity contribution >= 4 is 34.2 Å². The molecule has 1 aromatic carbocycles. The first-order chi connectivity index (χ1) is 15.1. The lowest BCUT2D eigenvalue weighted by molar-refractivity contribution is -0.107. The van der Waals surface area contributed by atoms with Crippen molar-refractivity contribution in [1.82, 2.24) is 5.32 Å². The molecule has 166 valence electrons. The Morgan fingerprint density at radius 2 is 2.10 bits per heavy atom. The largest absolute Gasteiger partial charge is 0.497 e. The predicted molar refractivity (Wildman–Crippen MR) is 124 cm³/mol. The van der Waals surface area contributed by atoms with Gasteiger partial charge in [0, 0.05) is 36.5 Å². The first-order valence-electron chi connectivity index (χ1n) is 9.80. The van der Waals surface area contributed by atoms with E-state index in [1.807, 2.05) is 31.6 Å². The van der Waals surface area contributed by atoms with Crippen molar-refractivity contribution in [2.75, 3.05) is 39.7 Å². The summed E-state index contributed by atoms with van der Waals surface area (Å²) in [6.45, 7) is 2.97. The van der Waals surface area contributed by atoms with Crippen LogP contribution in [0, 0.1) is 0 Å². The molecule has 0 spiro atoms. The van der Waals surface area contributed by atoms with Crippen LogP contribution in [0.2, 0.25) is 0 Å². The number of hydrogen-bond donors (Lipinski definition) is 2. The van der Waals surface area contributed by atoms with Gasteiger partial charge in [-0.25, -0.2) is 4.79 Å². The van der Waals surface area contributed by atoms with Gasteiger partial charge < -0.3 is 29.6 Å². The van der Waals surface area contributed by atoms with Crippen molar-refractivity contribution in [2.45, 2.75) is 13.3 Å². The number of hydrogen-bond acceptors (Lipinski definition) is 8. The molecule has 0 amide bonds. The first-order valence-corrected chi connectivity index (χ1v) is 10.7. The summed E-state index contributed by atoms with van der Waals surface area (Å²) >= 11 is 1.52. The average Bonchev–Trinajstić information content (AvgIpc) is 3.25. The Hall–Kier alpha value is -3.26. The van der Waals surface area contributed by atoms with E-state index in [1.54, 1.807) is 32.4 Å². The molecule has 1 aliphatic rings. The Bertz CT molecular complexity index is 949. The number of anilines is 1. The second-order valence-corrected chi connectivity index (χ2v) is 7.15. The van der Waals surface area contributed by atoms with Gasteiger partial charge in [-0.1, -0.05) is 6.08 Å². The molecule has 0 aliphatic carbocycles. The number of carbonyl (C=O) groups excluding carboxylic acids is 2. The summed E-state index contributed by atoms with van der Waals surface area (Å²) in [5.74, 6) is 1.18. The topological polar surface area (TPSA) is 85.9 Å². The summed E-state index contributed by atoms with van der Waals surface area (Å²) in [5.41, 5.74) is 3.45. The zero-order valence-electron chi connectivity index (χ0n) is 18.2. The maximum absolute atomic E-state index is 12.0. The molecule has 7 nitrogen and oxygen atoms in total. The molecular formula is C23H28N2O5S. The van der Waals surface area contributed by atoms with Crippen LogP contribution in [0.1, 0.15) is 28.4 Å². The molecule has 1 aliphatic heterocycles. The van der Waals surface area contributed by atoms with Crippen molar-refractivity contribution in [2.24, 2.45) is 0 Å². The van der Waals surface area contributed by atoms with E-state index in [-0.39, 0.29) is 5.97 Å². The molecule has 2 aromatic rings. The minimum atomic E-state index is -0.272. The van der Waals surface area contributed by atoms with E-state index < -0.39 is 0 Å². The van der Waals surface area contributed by atoms with Gasteiger partial charge in [-0.3, -0.25) is 0 Å². The number of methoxy groups -OCH3 is 2. The summed E-state index contributed by atoms with van der Waals surface area (Å²) in [7, 11) is 4.98. The molecule has 0 fully saturated rings. The fourth-order valence-corrected chi connectivity index (χ4v) is 3.86. The number of carbonyl (C=O) groups is 2. The number of ether oxygens (including phenoxy) is 3. The van der Waals surface area contributed by atoms with Gasteiger partial charge in [-0.05, 0) is 43.0 Å².